The van der Waals surface area contributed by atoms with Crippen LogP contribution >= 0.6 is 23.2 Å². The predicted molar refractivity (Wildman–Crippen MR) is 116 cm³/mol. The van der Waals surface area contributed by atoms with Crippen molar-refractivity contribution in [2.75, 3.05) is 4.90 Å². The minimum absolute atomic E-state index is 0.0814. The van der Waals surface area contributed by atoms with E-state index in [-0.39, 0.29) is 35.5 Å². The topological polar surface area (TPSA) is 37.4 Å². The first kappa shape index (κ1) is 18.0. The van der Waals surface area contributed by atoms with Crippen molar-refractivity contribution in [3.05, 3.63) is 51.5 Å². The summed E-state index contributed by atoms with van der Waals surface area (Å²) in [6.07, 6.45) is 11.2. The number of benzene rings is 1. The van der Waals surface area contributed by atoms with Crippen LogP contribution in [0.2, 0.25) is 10.0 Å². The molecule has 5 saturated carbocycles. The second-order valence-corrected chi connectivity index (χ2v) is 11.2. The molecule has 4 atom stereocenters. The van der Waals surface area contributed by atoms with Crippen LogP contribution in [0.1, 0.15) is 32.1 Å². The van der Waals surface area contributed by atoms with Gasteiger partial charge in [0.2, 0.25) is 11.8 Å². The van der Waals surface area contributed by atoms with E-state index in [0.717, 1.165) is 11.8 Å². The van der Waals surface area contributed by atoms with Crippen molar-refractivity contribution >= 4 is 40.7 Å². The average Bonchev–Trinajstić information content (AvgIpc) is 3.30. The standard InChI is InChI=1S/C25H23Cl2NO2/c26-15-8-16(27)10-17(9-15)28-24(29)22-18-1-2-19(23(22)25(28)30)21(18)20-13-4-11-3-12(6-13)7-14(20)5-11/h1-2,8-14,18-19,22-23H,3-7H2/t11?,12?,13?,14?,18-,19-,22+,23+/m1/s1. The lowest BCUT2D eigenvalue weighted by Crippen LogP contribution is -2.41. The zero-order chi connectivity index (χ0) is 20.3. The molecule has 6 fully saturated rings. The van der Waals surface area contributed by atoms with Gasteiger partial charge >= 0.3 is 0 Å². The van der Waals surface area contributed by atoms with E-state index in [1.165, 1.54) is 42.6 Å². The summed E-state index contributed by atoms with van der Waals surface area (Å²) in [6.45, 7) is 0. The Hall–Kier alpha value is -1.58. The van der Waals surface area contributed by atoms with E-state index in [0.29, 0.717) is 27.6 Å². The van der Waals surface area contributed by atoms with Crippen LogP contribution in [0.15, 0.2) is 41.5 Å². The Morgan fingerprint density at radius 3 is 1.70 bits per heavy atom. The van der Waals surface area contributed by atoms with E-state index in [2.05, 4.69) is 12.2 Å². The molecule has 1 aromatic rings. The maximum absolute atomic E-state index is 13.5. The zero-order valence-electron chi connectivity index (χ0n) is 16.6. The second kappa shape index (κ2) is 6.01. The number of rotatable bonds is 1. The Balaban J connectivity index is 1.29. The van der Waals surface area contributed by atoms with Crippen molar-refractivity contribution < 1.29 is 9.59 Å². The number of amides is 2. The lowest BCUT2D eigenvalue weighted by molar-refractivity contribution is -0.122. The highest BCUT2D eigenvalue weighted by Gasteiger charge is 2.63. The van der Waals surface area contributed by atoms with Gasteiger partial charge in [-0.15, -0.1) is 0 Å². The van der Waals surface area contributed by atoms with Gasteiger partial charge in [0.15, 0.2) is 0 Å². The third kappa shape index (κ3) is 2.23. The summed E-state index contributed by atoms with van der Waals surface area (Å²) in [7, 11) is 0. The molecule has 154 valence electrons. The molecule has 3 nitrogen and oxygen atoms in total. The van der Waals surface area contributed by atoms with Crippen molar-refractivity contribution in [1.29, 1.82) is 0 Å². The summed E-state index contributed by atoms with van der Waals surface area (Å²) >= 11 is 12.3. The normalized spacial score (nSPS) is 42.8. The largest absolute Gasteiger partial charge is 0.274 e. The second-order valence-electron chi connectivity index (χ2n) is 10.3. The third-order valence-corrected chi connectivity index (χ3v) is 9.31. The van der Waals surface area contributed by atoms with Crippen LogP contribution in [0, 0.1) is 47.3 Å². The molecule has 0 aromatic heterocycles. The molecule has 1 heterocycles. The molecule has 1 aliphatic heterocycles. The van der Waals surface area contributed by atoms with Gasteiger partial charge in [0, 0.05) is 21.9 Å². The van der Waals surface area contributed by atoms with Gasteiger partial charge in [-0.1, -0.05) is 46.5 Å². The molecular weight excluding hydrogens is 417 g/mol. The van der Waals surface area contributed by atoms with Gasteiger partial charge in [-0.3, -0.25) is 9.59 Å². The Morgan fingerprint density at radius 2 is 1.20 bits per heavy atom. The number of halogens is 2. The van der Waals surface area contributed by atoms with Crippen LogP contribution in [-0.2, 0) is 9.59 Å². The van der Waals surface area contributed by atoms with Crippen molar-refractivity contribution in [3.63, 3.8) is 0 Å². The van der Waals surface area contributed by atoms with Crippen molar-refractivity contribution in [2.45, 2.75) is 32.1 Å². The van der Waals surface area contributed by atoms with Crippen LogP contribution in [-0.4, -0.2) is 11.8 Å². The molecular formula is C25H23Cl2NO2. The lowest BCUT2D eigenvalue weighted by Gasteiger charge is -2.52. The highest BCUT2D eigenvalue weighted by Crippen LogP contribution is 2.64. The fourth-order valence-electron chi connectivity index (χ4n) is 8.23. The van der Waals surface area contributed by atoms with Crippen molar-refractivity contribution in [3.8, 4) is 0 Å². The number of anilines is 1. The van der Waals surface area contributed by atoms with Crippen LogP contribution in [0.25, 0.3) is 0 Å². The van der Waals surface area contributed by atoms with Gasteiger partial charge in [-0.05, 0) is 74.0 Å². The van der Waals surface area contributed by atoms with Gasteiger partial charge in [0.1, 0.15) is 0 Å². The first-order valence-electron chi connectivity index (χ1n) is 11.3. The minimum atomic E-state index is -0.259. The molecule has 8 rings (SSSR count). The third-order valence-electron chi connectivity index (χ3n) is 8.87. The van der Waals surface area contributed by atoms with E-state index >= 15 is 0 Å². The number of carbonyl (C=O) groups is 2. The predicted octanol–water partition coefficient (Wildman–Crippen LogP) is 5.67. The molecule has 6 bridgehead atoms. The van der Waals surface area contributed by atoms with Gasteiger partial charge in [0.05, 0.1) is 17.5 Å². The van der Waals surface area contributed by atoms with E-state index in [4.69, 9.17) is 23.2 Å². The quantitative estimate of drug-likeness (QED) is 0.417. The fraction of sp³-hybridized carbons (Fsp3) is 0.520. The Morgan fingerprint density at radius 1 is 0.700 bits per heavy atom. The van der Waals surface area contributed by atoms with Gasteiger partial charge < -0.3 is 0 Å². The summed E-state index contributed by atoms with van der Waals surface area (Å²) in [5, 5.41) is 0.875. The summed E-state index contributed by atoms with van der Waals surface area (Å²) < 4.78 is 0. The SMILES string of the molecule is O=C1[C@@H]2[C@@H](C(=O)N1c1cc(Cl)cc(Cl)c1)[C@@H]1C=C[C@@H]2C1=C1C2CC3CC(C2)CC1C3. The molecule has 0 spiro atoms. The smallest absolute Gasteiger partial charge is 0.238 e. The molecule has 6 aliphatic carbocycles. The summed E-state index contributed by atoms with van der Waals surface area (Å²) in [4.78, 5) is 28.4. The first-order valence-corrected chi connectivity index (χ1v) is 12.0. The zero-order valence-corrected chi connectivity index (χ0v) is 18.1. The Kier molecular flexibility index (Phi) is 3.61. The molecule has 1 saturated heterocycles. The van der Waals surface area contributed by atoms with Gasteiger partial charge in [-0.25, -0.2) is 4.90 Å². The van der Waals surface area contributed by atoms with Crippen LogP contribution in [0.4, 0.5) is 5.69 Å². The lowest BCUT2D eigenvalue weighted by atomic mass is 9.53. The molecule has 5 heteroatoms. The monoisotopic (exact) mass is 439 g/mol. The molecule has 1 aromatic carbocycles. The number of hydrogen-bond donors (Lipinski definition) is 0. The van der Waals surface area contributed by atoms with Crippen LogP contribution < -0.4 is 4.90 Å². The highest BCUT2D eigenvalue weighted by atomic mass is 35.5. The minimum Gasteiger partial charge on any atom is -0.274 e. The maximum Gasteiger partial charge on any atom is 0.238 e. The molecule has 30 heavy (non-hydrogen) atoms. The Bertz CT molecular complexity index is 989. The maximum atomic E-state index is 13.5. The van der Waals surface area contributed by atoms with E-state index in [1.54, 1.807) is 23.8 Å². The Labute approximate surface area is 186 Å². The van der Waals surface area contributed by atoms with Crippen LogP contribution in [0.5, 0.6) is 0 Å². The summed E-state index contributed by atoms with van der Waals surface area (Å²) in [6, 6.07) is 4.95. The van der Waals surface area contributed by atoms with Crippen LogP contribution in [0.3, 0.4) is 0 Å². The summed E-state index contributed by atoms with van der Waals surface area (Å²) in [5.74, 6) is 2.75. The molecule has 2 amide bonds. The van der Waals surface area contributed by atoms with Crippen molar-refractivity contribution in [2.24, 2.45) is 47.3 Å². The first-order chi connectivity index (χ1) is 14.5. The number of hydrogen-bond acceptors (Lipinski definition) is 2. The van der Waals surface area contributed by atoms with E-state index in [1.807, 2.05) is 0 Å². The number of fused-ring (bicyclic) bond motifs is 5. The molecule has 7 aliphatic rings. The van der Waals surface area contributed by atoms with Gasteiger partial charge in [-0.2, -0.15) is 0 Å². The molecule has 0 unspecified atom stereocenters. The number of allylic oxidation sites excluding steroid dienone is 4. The van der Waals surface area contributed by atoms with E-state index in [9.17, 15) is 9.59 Å². The number of carbonyl (C=O) groups excluding carboxylic acids is 2. The van der Waals surface area contributed by atoms with Crippen molar-refractivity contribution in [1.82, 2.24) is 0 Å². The number of imide groups is 1. The number of nitrogens with zero attached hydrogens (tertiary/aromatic N) is 1. The summed E-state index contributed by atoms with van der Waals surface area (Å²) in [5.41, 5.74) is 3.62. The molecule has 0 N–H and O–H groups in total. The average molecular weight is 440 g/mol. The van der Waals surface area contributed by atoms with Gasteiger partial charge in [0.25, 0.3) is 0 Å². The van der Waals surface area contributed by atoms with E-state index < -0.39 is 0 Å². The highest BCUT2D eigenvalue weighted by molar-refractivity contribution is 6.35. The fourth-order valence-corrected chi connectivity index (χ4v) is 8.75. The molecule has 0 radical (unpaired) electrons.